The van der Waals surface area contributed by atoms with Gasteiger partial charge in [0.1, 0.15) is 0 Å². The number of pyridine rings is 1. The van der Waals surface area contributed by atoms with Gasteiger partial charge in [0.15, 0.2) is 5.65 Å². The van der Waals surface area contributed by atoms with Crippen LogP contribution >= 0.6 is 0 Å². The molecule has 1 aromatic carbocycles. The van der Waals surface area contributed by atoms with E-state index in [9.17, 15) is 9.59 Å². The number of benzene rings is 1. The van der Waals surface area contributed by atoms with Gasteiger partial charge in [-0.05, 0) is 24.3 Å². The zero-order valence-electron chi connectivity index (χ0n) is 16.3. The molecule has 4 heterocycles. The summed E-state index contributed by atoms with van der Waals surface area (Å²) in [5.74, 6) is -0.534. The highest BCUT2D eigenvalue weighted by molar-refractivity contribution is 5.99. The number of hydrogen-bond donors (Lipinski definition) is 1. The van der Waals surface area contributed by atoms with Crippen LogP contribution in [0.25, 0.3) is 16.9 Å². The SMILES string of the molecule is NC(=O)c1ccc(-c2ccc(C(=O)N3CC(N4CCOCC4)C3)cc2)n2n[c]nc12. The third-order valence-corrected chi connectivity index (χ3v) is 5.78. The van der Waals surface area contributed by atoms with E-state index in [-0.39, 0.29) is 11.5 Å². The van der Waals surface area contributed by atoms with Crippen LogP contribution in [0.15, 0.2) is 36.4 Å². The van der Waals surface area contributed by atoms with Gasteiger partial charge in [0.2, 0.25) is 6.33 Å². The Hall–Kier alpha value is -3.30. The number of aromatic nitrogens is 3. The largest absolute Gasteiger partial charge is 0.379 e. The zero-order chi connectivity index (χ0) is 20.7. The Morgan fingerprint density at radius 1 is 1.07 bits per heavy atom. The number of amides is 2. The minimum Gasteiger partial charge on any atom is -0.379 e. The van der Waals surface area contributed by atoms with E-state index < -0.39 is 5.91 Å². The molecule has 5 rings (SSSR count). The van der Waals surface area contributed by atoms with Crippen LogP contribution in [0, 0.1) is 6.33 Å². The van der Waals surface area contributed by atoms with E-state index in [1.807, 2.05) is 29.2 Å². The molecule has 2 N–H and O–H groups in total. The van der Waals surface area contributed by atoms with Crippen molar-refractivity contribution in [3.05, 3.63) is 53.9 Å². The molecule has 30 heavy (non-hydrogen) atoms. The molecule has 0 unspecified atom stereocenters. The molecule has 2 saturated heterocycles. The predicted octanol–water partition coefficient (Wildman–Crippen LogP) is 0.452. The second-order valence-electron chi connectivity index (χ2n) is 7.53. The molecular weight excluding hydrogens is 384 g/mol. The third-order valence-electron chi connectivity index (χ3n) is 5.78. The summed E-state index contributed by atoms with van der Waals surface area (Å²) < 4.78 is 6.92. The second kappa shape index (κ2) is 7.51. The Kier molecular flexibility index (Phi) is 4.68. The van der Waals surface area contributed by atoms with Gasteiger partial charge in [0, 0.05) is 43.3 Å². The van der Waals surface area contributed by atoms with Gasteiger partial charge in [-0.15, -0.1) is 5.10 Å². The van der Waals surface area contributed by atoms with Gasteiger partial charge in [-0.25, -0.2) is 9.50 Å². The number of ether oxygens (including phenoxy) is 1. The summed E-state index contributed by atoms with van der Waals surface area (Å²) in [5.41, 5.74) is 8.27. The highest BCUT2D eigenvalue weighted by Gasteiger charge is 2.35. The van der Waals surface area contributed by atoms with Crippen molar-refractivity contribution in [2.45, 2.75) is 6.04 Å². The van der Waals surface area contributed by atoms with E-state index in [2.05, 4.69) is 21.3 Å². The van der Waals surface area contributed by atoms with E-state index >= 15 is 0 Å². The van der Waals surface area contributed by atoms with Crippen LogP contribution in [0.5, 0.6) is 0 Å². The van der Waals surface area contributed by atoms with Crippen molar-refractivity contribution in [3.8, 4) is 11.3 Å². The number of nitrogens with zero attached hydrogens (tertiary/aromatic N) is 5. The molecule has 9 heteroatoms. The quantitative estimate of drug-likeness (QED) is 0.676. The van der Waals surface area contributed by atoms with Gasteiger partial charge < -0.3 is 15.4 Å². The predicted molar refractivity (Wildman–Crippen MR) is 108 cm³/mol. The normalized spacial score (nSPS) is 17.8. The van der Waals surface area contributed by atoms with Crippen molar-refractivity contribution in [2.75, 3.05) is 39.4 Å². The first-order chi connectivity index (χ1) is 14.6. The minimum atomic E-state index is -0.571. The van der Waals surface area contributed by atoms with Crippen LogP contribution in [-0.4, -0.2) is 81.6 Å². The van der Waals surface area contributed by atoms with E-state index in [1.165, 1.54) is 4.52 Å². The van der Waals surface area contributed by atoms with Crippen LogP contribution < -0.4 is 5.73 Å². The maximum Gasteiger partial charge on any atom is 0.253 e. The summed E-state index contributed by atoms with van der Waals surface area (Å²) in [5, 5.41) is 4.08. The molecule has 2 aliphatic heterocycles. The van der Waals surface area contributed by atoms with Gasteiger partial charge >= 0.3 is 0 Å². The van der Waals surface area contributed by atoms with Crippen molar-refractivity contribution >= 4 is 17.5 Å². The number of rotatable bonds is 4. The summed E-state index contributed by atoms with van der Waals surface area (Å²) in [6, 6.07) is 11.2. The molecule has 0 saturated carbocycles. The van der Waals surface area contributed by atoms with Gasteiger partial charge in [-0.1, -0.05) is 12.1 Å². The monoisotopic (exact) mass is 405 g/mol. The fourth-order valence-corrected chi connectivity index (χ4v) is 4.03. The van der Waals surface area contributed by atoms with Gasteiger partial charge in [-0.2, -0.15) is 0 Å². The first kappa shape index (κ1) is 18.7. The van der Waals surface area contributed by atoms with Gasteiger partial charge in [-0.3, -0.25) is 14.5 Å². The Labute approximate surface area is 173 Å². The molecule has 0 bridgehead atoms. The third kappa shape index (κ3) is 3.21. The average Bonchev–Trinajstić information content (AvgIpc) is 3.22. The fraction of sp³-hybridized carbons (Fsp3) is 0.333. The van der Waals surface area contributed by atoms with Crippen molar-refractivity contribution in [3.63, 3.8) is 0 Å². The van der Waals surface area contributed by atoms with E-state index in [0.29, 0.717) is 17.3 Å². The Balaban J connectivity index is 1.31. The zero-order valence-corrected chi connectivity index (χ0v) is 16.3. The van der Waals surface area contributed by atoms with E-state index in [4.69, 9.17) is 10.5 Å². The Bertz CT molecular complexity index is 1100. The maximum absolute atomic E-state index is 12.8. The van der Waals surface area contributed by atoms with Crippen molar-refractivity contribution in [2.24, 2.45) is 5.73 Å². The van der Waals surface area contributed by atoms with Crippen LogP contribution in [-0.2, 0) is 4.74 Å². The van der Waals surface area contributed by atoms with Gasteiger partial charge in [0.25, 0.3) is 11.8 Å². The van der Waals surface area contributed by atoms with E-state index in [0.717, 1.165) is 50.7 Å². The lowest BCUT2D eigenvalue weighted by Gasteiger charge is -2.46. The molecule has 0 atom stereocenters. The lowest BCUT2D eigenvalue weighted by molar-refractivity contribution is -0.0256. The molecule has 2 fully saturated rings. The molecule has 0 aliphatic carbocycles. The lowest BCUT2D eigenvalue weighted by atomic mass is 10.0. The van der Waals surface area contributed by atoms with Crippen molar-refractivity contribution in [1.29, 1.82) is 0 Å². The number of nitrogens with two attached hydrogens (primary N) is 1. The smallest absolute Gasteiger partial charge is 0.253 e. The summed E-state index contributed by atoms with van der Waals surface area (Å²) in [4.78, 5) is 32.7. The topological polar surface area (TPSA) is 106 Å². The fourth-order valence-electron chi connectivity index (χ4n) is 4.03. The number of carbonyl (C=O) groups is 2. The molecule has 9 nitrogen and oxygen atoms in total. The highest BCUT2D eigenvalue weighted by Crippen LogP contribution is 2.24. The number of carbonyl (C=O) groups excluding carboxylic acids is 2. The molecular formula is C21H21N6O3. The van der Waals surface area contributed by atoms with Gasteiger partial charge in [0.05, 0.1) is 24.5 Å². The second-order valence-corrected chi connectivity index (χ2v) is 7.53. The van der Waals surface area contributed by atoms with E-state index in [1.54, 1.807) is 12.1 Å². The van der Waals surface area contributed by atoms with Crippen LogP contribution in [0.2, 0.25) is 0 Å². The van der Waals surface area contributed by atoms with Crippen molar-refractivity contribution < 1.29 is 14.3 Å². The number of likely N-dealkylation sites (tertiary alicyclic amines) is 1. The van der Waals surface area contributed by atoms with Crippen molar-refractivity contribution in [1.82, 2.24) is 24.4 Å². The lowest BCUT2D eigenvalue weighted by Crippen LogP contribution is -2.62. The number of hydrogen-bond acceptors (Lipinski definition) is 6. The van der Waals surface area contributed by atoms with Crippen LogP contribution in [0.1, 0.15) is 20.7 Å². The summed E-state index contributed by atoms with van der Waals surface area (Å²) in [6.07, 6.45) is 2.52. The summed E-state index contributed by atoms with van der Waals surface area (Å²) >= 11 is 0. The number of morpholine rings is 1. The molecule has 3 aromatic rings. The standard InChI is InChI=1S/C21H21N6O3/c22-19(28)17-5-6-18(27-20(17)23-13-24-27)14-1-3-15(4-2-14)21(29)26-11-16(12-26)25-7-9-30-10-8-25/h1-6,16H,7-12H2,(H2,22,28). The molecule has 0 spiro atoms. The Morgan fingerprint density at radius 3 is 2.50 bits per heavy atom. The minimum absolute atomic E-state index is 0.0365. The van der Waals surface area contributed by atoms with Crippen LogP contribution in [0.4, 0.5) is 0 Å². The average molecular weight is 405 g/mol. The number of primary amides is 1. The molecule has 2 amide bonds. The molecule has 2 aromatic heterocycles. The molecule has 1 radical (unpaired) electrons. The summed E-state index contributed by atoms with van der Waals surface area (Å²) in [7, 11) is 0. The Morgan fingerprint density at radius 2 is 1.80 bits per heavy atom. The summed E-state index contributed by atoms with van der Waals surface area (Å²) in [6.45, 7) is 4.91. The molecule has 2 aliphatic rings. The first-order valence-electron chi connectivity index (χ1n) is 9.89. The highest BCUT2D eigenvalue weighted by atomic mass is 16.5. The first-order valence-corrected chi connectivity index (χ1v) is 9.89. The maximum atomic E-state index is 12.8. The van der Waals surface area contributed by atoms with Crippen LogP contribution in [0.3, 0.4) is 0 Å². The number of fused-ring (bicyclic) bond motifs is 1. The molecule has 153 valence electrons.